The second kappa shape index (κ2) is 9.03. The number of carbonyl (C=O) groups is 3. The first-order chi connectivity index (χ1) is 13.6. The van der Waals surface area contributed by atoms with Gasteiger partial charge in [-0.1, -0.05) is 48.5 Å². The molecule has 1 aliphatic rings. The van der Waals surface area contributed by atoms with E-state index in [1.165, 1.54) is 0 Å². The van der Waals surface area contributed by atoms with Gasteiger partial charge >= 0.3 is 18.0 Å². The zero-order valence-electron chi connectivity index (χ0n) is 15.2. The fraction of sp³-hybridized carbons (Fsp3) is 0.286. The number of nitrogens with one attached hydrogen (secondary N) is 1. The molecule has 0 radical (unpaired) electrons. The number of amides is 1. The van der Waals surface area contributed by atoms with Crippen LogP contribution in [-0.4, -0.2) is 42.9 Å². The number of aliphatic carboxylic acids is 1. The van der Waals surface area contributed by atoms with E-state index in [4.69, 9.17) is 14.6 Å². The van der Waals surface area contributed by atoms with Crippen LogP contribution in [0.4, 0.5) is 4.79 Å². The topological polar surface area (TPSA) is 102 Å². The highest BCUT2D eigenvalue weighted by atomic mass is 16.6. The lowest BCUT2D eigenvalue weighted by atomic mass is 9.98. The van der Waals surface area contributed by atoms with E-state index in [2.05, 4.69) is 17.4 Å². The maximum Gasteiger partial charge on any atom is 0.407 e. The molecule has 0 aliphatic heterocycles. The summed E-state index contributed by atoms with van der Waals surface area (Å²) in [5.74, 6) is -1.70. The number of benzene rings is 2. The van der Waals surface area contributed by atoms with Gasteiger partial charge in [-0.25, -0.2) is 4.79 Å². The van der Waals surface area contributed by atoms with Gasteiger partial charge in [-0.05, 0) is 22.3 Å². The van der Waals surface area contributed by atoms with Gasteiger partial charge in [0, 0.05) is 5.92 Å². The SMILES string of the molecule is O=C(O)CCC(=O)OCCNC(=O)OCC1c2ccccc2-c2ccccc21. The van der Waals surface area contributed by atoms with Crippen LogP contribution in [0.15, 0.2) is 48.5 Å². The Kier molecular flexibility index (Phi) is 6.26. The highest BCUT2D eigenvalue weighted by Crippen LogP contribution is 2.44. The molecule has 0 fully saturated rings. The monoisotopic (exact) mass is 383 g/mol. The quantitative estimate of drug-likeness (QED) is 0.537. The van der Waals surface area contributed by atoms with Crippen molar-refractivity contribution in [3.8, 4) is 11.1 Å². The van der Waals surface area contributed by atoms with Crippen LogP contribution in [0, 0.1) is 0 Å². The molecule has 0 spiro atoms. The maximum atomic E-state index is 11.9. The molecule has 0 bridgehead atoms. The zero-order chi connectivity index (χ0) is 19.9. The lowest BCUT2D eigenvalue weighted by molar-refractivity contribution is -0.147. The molecular weight excluding hydrogens is 362 g/mol. The Morgan fingerprint density at radius 2 is 1.50 bits per heavy atom. The lowest BCUT2D eigenvalue weighted by Crippen LogP contribution is -2.29. The minimum absolute atomic E-state index is 0.0213. The molecule has 2 N–H and O–H groups in total. The van der Waals surface area contributed by atoms with Gasteiger partial charge in [-0.15, -0.1) is 0 Å². The Labute approximate surface area is 162 Å². The van der Waals surface area contributed by atoms with E-state index in [-0.39, 0.29) is 38.5 Å². The van der Waals surface area contributed by atoms with Gasteiger partial charge in [-0.2, -0.15) is 0 Å². The Bertz CT molecular complexity index is 833. The number of hydrogen-bond acceptors (Lipinski definition) is 5. The molecule has 0 saturated heterocycles. The summed E-state index contributed by atoms with van der Waals surface area (Å²) < 4.78 is 10.2. The molecule has 0 saturated carbocycles. The molecule has 7 heteroatoms. The number of rotatable bonds is 8. The highest BCUT2D eigenvalue weighted by Gasteiger charge is 2.28. The van der Waals surface area contributed by atoms with E-state index < -0.39 is 18.0 Å². The number of esters is 1. The van der Waals surface area contributed by atoms with Crippen molar-refractivity contribution >= 4 is 18.0 Å². The van der Waals surface area contributed by atoms with Crippen LogP contribution >= 0.6 is 0 Å². The summed E-state index contributed by atoms with van der Waals surface area (Å²) in [6.07, 6.45) is -1.07. The average Bonchev–Trinajstić information content (AvgIpc) is 3.02. The molecule has 146 valence electrons. The third-order valence-electron chi connectivity index (χ3n) is 4.52. The van der Waals surface area contributed by atoms with E-state index in [9.17, 15) is 14.4 Å². The molecule has 1 amide bonds. The van der Waals surface area contributed by atoms with Crippen LogP contribution in [0.25, 0.3) is 11.1 Å². The molecular formula is C21H21NO6. The predicted molar refractivity (Wildman–Crippen MR) is 101 cm³/mol. The average molecular weight is 383 g/mol. The summed E-state index contributed by atoms with van der Waals surface area (Å²) in [4.78, 5) is 33.6. The molecule has 2 aromatic carbocycles. The minimum atomic E-state index is -1.06. The normalized spacial score (nSPS) is 12.0. The number of carbonyl (C=O) groups excluding carboxylic acids is 2. The second-order valence-electron chi connectivity index (χ2n) is 6.37. The molecule has 2 aromatic rings. The fourth-order valence-electron chi connectivity index (χ4n) is 3.25. The Hall–Kier alpha value is -3.35. The van der Waals surface area contributed by atoms with E-state index in [0.29, 0.717) is 0 Å². The van der Waals surface area contributed by atoms with Crippen LogP contribution in [0.2, 0.25) is 0 Å². The molecule has 28 heavy (non-hydrogen) atoms. The van der Waals surface area contributed by atoms with E-state index in [1.807, 2.05) is 36.4 Å². The molecule has 0 heterocycles. The number of carboxylic acids is 1. The third kappa shape index (κ3) is 4.68. The van der Waals surface area contributed by atoms with Crippen molar-refractivity contribution in [3.63, 3.8) is 0 Å². The summed E-state index contributed by atoms with van der Waals surface area (Å²) in [6.45, 7) is 0.260. The minimum Gasteiger partial charge on any atom is -0.481 e. The maximum absolute atomic E-state index is 11.9. The van der Waals surface area contributed by atoms with Crippen molar-refractivity contribution in [3.05, 3.63) is 59.7 Å². The number of hydrogen-bond donors (Lipinski definition) is 2. The standard InChI is InChI=1S/C21H21NO6/c23-19(24)9-10-20(25)27-12-11-22-21(26)28-13-18-16-7-3-1-5-14(16)15-6-2-4-8-17(15)18/h1-8,18H,9-13H2,(H,22,26)(H,23,24). The summed E-state index contributed by atoms with van der Waals surface area (Å²) in [6, 6.07) is 16.1. The Balaban J connectivity index is 1.45. The molecule has 0 unspecified atom stereocenters. The van der Waals surface area contributed by atoms with Gasteiger partial charge in [0.25, 0.3) is 0 Å². The molecule has 0 aromatic heterocycles. The van der Waals surface area contributed by atoms with Crippen molar-refractivity contribution in [2.24, 2.45) is 0 Å². The van der Waals surface area contributed by atoms with Gasteiger partial charge < -0.3 is 19.9 Å². The number of alkyl carbamates (subject to hydrolysis) is 1. The summed E-state index contributed by atoms with van der Waals surface area (Å²) >= 11 is 0. The van der Waals surface area contributed by atoms with Crippen molar-refractivity contribution in [2.75, 3.05) is 19.8 Å². The largest absolute Gasteiger partial charge is 0.481 e. The molecule has 0 atom stereocenters. The predicted octanol–water partition coefficient (Wildman–Crippen LogP) is 2.93. The van der Waals surface area contributed by atoms with Crippen molar-refractivity contribution < 1.29 is 29.0 Å². The third-order valence-corrected chi connectivity index (χ3v) is 4.52. The van der Waals surface area contributed by atoms with Gasteiger partial charge in [-0.3, -0.25) is 9.59 Å². The first-order valence-corrected chi connectivity index (χ1v) is 9.02. The van der Waals surface area contributed by atoms with Crippen molar-refractivity contribution in [2.45, 2.75) is 18.8 Å². The summed E-state index contributed by atoms with van der Waals surface area (Å²) in [7, 11) is 0. The van der Waals surface area contributed by atoms with Crippen LogP contribution in [0.1, 0.15) is 29.9 Å². The van der Waals surface area contributed by atoms with E-state index >= 15 is 0 Å². The molecule has 3 rings (SSSR count). The van der Waals surface area contributed by atoms with Gasteiger partial charge in [0.2, 0.25) is 0 Å². The number of ether oxygens (including phenoxy) is 2. The van der Waals surface area contributed by atoms with Gasteiger partial charge in [0.05, 0.1) is 19.4 Å². The smallest absolute Gasteiger partial charge is 0.407 e. The molecule has 7 nitrogen and oxygen atoms in total. The fourth-order valence-corrected chi connectivity index (χ4v) is 3.25. The second-order valence-corrected chi connectivity index (χ2v) is 6.37. The molecule has 1 aliphatic carbocycles. The van der Waals surface area contributed by atoms with E-state index in [1.54, 1.807) is 0 Å². The first-order valence-electron chi connectivity index (χ1n) is 9.02. The van der Waals surface area contributed by atoms with Gasteiger partial charge in [0.1, 0.15) is 13.2 Å². The first kappa shape index (κ1) is 19.4. The number of fused-ring (bicyclic) bond motifs is 3. The van der Waals surface area contributed by atoms with Crippen molar-refractivity contribution in [1.29, 1.82) is 0 Å². The lowest BCUT2D eigenvalue weighted by Gasteiger charge is -2.14. The zero-order valence-corrected chi connectivity index (χ0v) is 15.2. The highest BCUT2D eigenvalue weighted by molar-refractivity contribution is 5.79. The van der Waals surface area contributed by atoms with Crippen molar-refractivity contribution in [1.82, 2.24) is 5.32 Å². The van der Waals surface area contributed by atoms with E-state index in [0.717, 1.165) is 22.3 Å². The van der Waals surface area contributed by atoms with Crippen LogP contribution in [0.3, 0.4) is 0 Å². The summed E-state index contributed by atoms with van der Waals surface area (Å²) in [5.41, 5.74) is 4.56. The Morgan fingerprint density at radius 3 is 2.11 bits per heavy atom. The van der Waals surface area contributed by atoms with Crippen LogP contribution in [-0.2, 0) is 19.1 Å². The number of carboxylic acid groups (broad SMARTS) is 1. The van der Waals surface area contributed by atoms with Crippen LogP contribution < -0.4 is 5.32 Å². The summed E-state index contributed by atoms with van der Waals surface area (Å²) in [5, 5.41) is 11.0. The Morgan fingerprint density at radius 1 is 0.893 bits per heavy atom. The van der Waals surface area contributed by atoms with Crippen LogP contribution in [0.5, 0.6) is 0 Å². The van der Waals surface area contributed by atoms with Gasteiger partial charge in [0.15, 0.2) is 0 Å².